The number of carbonyl (C=O) groups excluding carboxylic acids is 2. The van der Waals surface area contributed by atoms with Crippen molar-refractivity contribution in [2.75, 3.05) is 33.7 Å². The van der Waals surface area contributed by atoms with Crippen molar-refractivity contribution < 1.29 is 19.5 Å². The molecule has 0 aromatic heterocycles. The van der Waals surface area contributed by atoms with Crippen molar-refractivity contribution in [1.82, 2.24) is 26.2 Å². The van der Waals surface area contributed by atoms with E-state index in [1.165, 1.54) is 32.1 Å². The molecule has 9 nitrogen and oxygen atoms in total. The molecule has 5 N–H and O–H groups in total. The molecule has 1 aromatic rings. The average molecular weight is 522 g/mol. The van der Waals surface area contributed by atoms with Crippen LogP contribution in [0.3, 0.4) is 0 Å². The van der Waals surface area contributed by atoms with Crippen LogP contribution >= 0.6 is 11.6 Å². The number of amides is 4. The van der Waals surface area contributed by atoms with Crippen LogP contribution in [-0.2, 0) is 5.54 Å². The predicted molar refractivity (Wildman–Crippen MR) is 141 cm³/mol. The SMILES string of the molecule is CNC[C@H](CC1CCCCC1)NC(=O)N(C)CC[C@@]1(CCCNC(=O)O)NC(=O)c2ccc(Cl)cc21. The molecule has 200 valence electrons. The van der Waals surface area contributed by atoms with E-state index in [0.717, 1.165) is 18.5 Å². The second-order valence-electron chi connectivity index (χ2n) is 10.2. The fraction of sp³-hybridized carbons (Fsp3) is 0.654. The Kier molecular flexibility index (Phi) is 10.2. The van der Waals surface area contributed by atoms with Crippen LogP contribution in [-0.4, -0.2) is 67.8 Å². The summed E-state index contributed by atoms with van der Waals surface area (Å²) < 4.78 is 0. The highest BCUT2D eigenvalue weighted by molar-refractivity contribution is 6.30. The highest BCUT2D eigenvalue weighted by Crippen LogP contribution is 2.39. The van der Waals surface area contributed by atoms with Crippen molar-refractivity contribution in [2.45, 2.75) is 69.4 Å². The Morgan fingerprint density at radius 2 is 2.00 bits per heavy atom. The summed E-state index contributed by atoms with van der Waals surface area (Å²) in [7, 11) is 3.67. The molecule has 0 spiro atoms. The first kappa shape index (κ1) is 28.1. The molecule has 4 amide bonds. The largest absolute Gasteiger partial charge is 0.465 e. The normalized spacial score (nSPS) is 20.4. The van der Waals surface area contributed by atoms with Gasteiger partial charge in [-0.25, -0.2) is 9.59 Å². The molecule has 1 aliphatic heterocycles. The zero-order valence-electron chi connectivity index (χ0n) is 21.4. The van der Waals surface area contributed by atoms with E-state index in [4.69, 9.17) is 16.7 Å². The number of nitrogens with one attached hydrogen (secondary N) is 4. The van der Waals surface area contributed by atoms with Crippen LogP contribution < -0.4 is 21.3 Å². The summed E-state index contributed by atoms with van der Waals surface area (Å²) in [6.45, 7) is 1.41. The van der Waals surface area contributed by atoms with Crippen molar-refractivity contribution in [2.24, 2.45) is 5.92 Å². The van der Waals surface area contributed by atoms with Gasteiger partial charge in [-0.05, 0) is 62.4 Å². The molecule has 3 rings (SSSR count). The molecule has 1 aromatic carbocycles. The van der Waals surface area contributed by atoms with Crippen LogP contribution in [0.1, 0.15) is 73.7 Å². The summed E-state index contributed by atoms with van der Waals surface area (Å²) in [6, 6.07) is 5.13. The van der Waals surface area contributed by atoms with Gasteiger partial charge in [-0.1, -0.05) is 43.7 Å². The number of rotatable bonds is 12. The molecular formula is C26H40ClN5O4. The Labute approximate surface area is 218 Å². The number of hydrogen-bond donors (Lipinski definition) is 5. The zero-order chi connectivity index (χ0) is 26.1. The van der Waals surface area contributed by atoms with Gasteiger partial charge in [-0.3, -0.25) is 4.79 Å². The average Bonchev–Trinajstić information content (AvgIpc) is 3.12. The minimum Gasteiger partial charge on any atom is -0.465 e. The third-order valence-corrected chi connectivity index (χ3v) is 7.73. The maximum Gasteiger partial charge on any atom is 0.404 e. The molecule has 0 radical (unpaired) electrons. The molecule has 2 atom stereocenters. The summed E-state index contributed by atoms with van der Waals surface area (Å²) in [6.07, 6.45) is 7.74. The lowest BCUT2D eigenvalue weighted by Gasteiger charge is -2.33. The van der Waals surface area contributed by atoms with Gasteiger partial charge in [0.1, 0.15) is 0 Å². The third kappa shape index (κ3) is 7.49. The number of fused-ring (bicyclic) bond motifs is 1. The van der Waals surface area contributed by atoms with Crippen LogP contribution in [0.5, 0.6) is 0 Å². The number of nitrogens with zero attached hydrogens (tertiary/aromatic N) is 1. The number of hydrogen-bond acceptors (Lipinski definition) is 4. The topological polar surface area (TPSA) is 123 Å². The highest BCUT2D eigenvalue weighted by atomic mass is 35.5. The molecule has 1 saturated carbocycles. The summed E-state index contributed by atoms with van der Waals surface area (Å²) in [5.41, 5.74) is 0.646. The van der Waals surface area contributed by atoms with E-state index in [1.807, 2.05) is 7.05 Å². The van der Waals surface area contributed by atoms with Crippen molar-refractivity contribution in [3.05, 3.63) is 34.3 Å². The second kappa shape index (κ2) is 13.1. The first-order chi connectivity index (χ1) is 17.2. The van der Waals surface area contributed by atoms with E-state index in [0.29, 0.717) is 42.3 Å². The van der Waals surface area contributed by atoms with E-state index in [2.05, 4.69) is 21.3 Å². The molecule has 36 heavy (non-hydrogen) atoms. The molecule has 1 fully saturated rings. The van der Waals surface area contributed by atoms with Gasteiger partial charge in [0.15, 0.2) is 0 Å². The van der Waals surface area contributed by atoms with Gasteiger partial charge in [-0.2, -0.15) is 0 Å². The first-order valence-electron chi connectivity index (χ1n) is 13.0. The maximum absolute atomic E-state index is 13.1. The van der Waals surface area contributed by atoms with Crippen molar-refractivity contribution in [3.63, 3.8) is 0 Å². The zero-order valence-corrected chi connectivity index (χ0v) is 22.1. The van der Waals surface area contributed by atoms with E-state index >= 15 is 0 Å². The Balaban J connectivity index is 1.65. The molecule has 1 aliphatic carbocycles. The van der Waals surface area contributed by atoms with Gasteiger partial charge in [0, 0.05) is 43.3 Å². The second-order valence-corrected chi connectivity index (χ2v) is 10.6. The molecule has 0 unspecified atom stereocenters. The van der Waals surface area contributed by atoms with Gasteiger partial charge >= 0.3 is 12.1 Å². The Hall–Kier alpha value is -2.52. The number of urea groups is 1. The lowest BCUT2D eigenvalue weighted by molar-refractivity contribution is 0.0915. The van der Waals surface area contributed by atoms with Crippen molar-refractivity contribution in [3.8, 4) is 0 Å². The molecule has 1 heterocycles. The molecule has 0 saturated heterocycles. The lowest BCUT2D eigenvalue weighted by atomic mass is 9.83. The fourth-order valence-electron chi connectivity index (χ4n) is 5.58. The van der Waals surface area contributed by atoms with Crippen LogP contribution in [0.4, 0.5) is 9.59 Å². The molecule has 2 aliphatic rings. The number of carbonyl (C=O) groups is 3. The summed E-state index contributed by atoms with van der Waals surface area (Å²) in [5.74, 6) is 0.474. The Morgan fingerprint density at radius 1 is 1.25 bits per heavy atom. The summed E-state index contributed by atoms with van der Waals surface area (Å²) in [4.78, 5) is 38.4. The number of halogens is 1. The van der Waals surface area contributed by atoms with E-state index < -0.39 is 11.6 Å². The minimum absolute atomic E-state index is 0.0646. The molecule has 0 bridgehead atoms. The maximum atomic E-state index is 13.1. The summed E-state index contributed by atoms with van der Waals surface area (Å²) >= 11 is 6.27. The van der Waals surface area contributed by atoms with Crippen LogP contribution in [0.15, 0.2) is 18.2 Å². The standard InChI is InChI=1S/C26H40ClN5O4/c1-28-17-20(15-18-7-4-3-5-8-18)30-24(34)32(2)14-12-26(11-6-13-29-25(35)36)22-16-19(27)9-10-21(22)23(33)31-26/h9-10,16,18,20,28-29H,3-8,11-15,17H2,1-2H3,(H,30,34)(H,31,33)(H,35,36)/t20-,26+/m0/s1. The fourth-order valence-corrected chi connectivity index (χ4v) is 5.75. The van der Waals surface area contributed by atoms with Gasteiger partial charge in [-0.15, -0.1) is 0 Å². The van der Waals surface area contributed by atoms with Gasteiger partial charge in [0.25, 0.3) is 5.91 Å². The van der Waals surface area contributed by atoms with Gasteiger partial charge in [0.05, 0.1) is 5.54 Å². The first-order valence-corrected chi connectivity index (χ1v) is 13.4. The van der Waals surface area contributed by atoms with E-state index in [9.17, 15) is 14.4 Å². The third-order valence-electron chi connectivity index (χ3n) is 7.49. The van der Waals surface area contributed by atoms with E-state index in [1.54, 1.807) is 30.1 Å². The Morgan fingerprint density at radius 3 is 2.69 bits per heavy atom. The highest BCUT2D eigenvalue weighted by Gasteiger charge is 2.42. The van der Waals surface area contributed by atoms with Crippen LogP contribution in [0.25, 0.3) is 0 Å². The van der Waals surface area contributed by atoms with E-state index in [-0.39, 0.29) is 24.5 Å². The number of benzene rings is 1. The smallest absolute Gasteiger partial charge is 0.404 e. The minimum atomic E-state index is -1.08. The monoisotopic (exact) mass is 521 g/mol. The predicted octanol–water partition coefficient (Wildman–Crippen LogP) is 3.92. The lowest BCUT2D eigenvalue weighted by Crippen LogP contribution is -2.49. The van der Waals surface area contributed by atoms with Crippen LogP contribution in [0.2, 0.25) is 5.02 Å². The van der Waals surface area contributed by atoms with Crippen molar-refractivity contribution in [1.29, 1.82) is 0 Å². The number of carboxylic acid groups (broad SMARTS) is 1. The molecule has 10 heteroatoms. The Bertz CT molecular complexity index is 924. The van der Waals surface area contributed by atoms with Crippen molar-refractivity contribution >= 4 is 29.6 Å². The van der Waals surface area contributed by atoms with Gasteiger partial charge in [0.2, 0.25) is 0 Å². The summed E-state index contributed by atoms with van der Waals surface area (Å²) in [5, 5.41) is 21.3. The quantitative estimate of drug-likeness (QED) is 0.267. The molecular weight excluding hydrogens is 482 g/mol. The number of likely N-dealkylation sites (N-methyl/N-ethyl adjacent to an activating group) is 1. The van der Waals surface area contributed by atoms with Crippen LogP contribution in [0, 0.1) is 5.92 Å². The van der Waals surface area contributed by atoms with Gasteiger partial charge < -0.3 is 31.3 Å².